The molecule has 2 aromatic rings. The van der Waals surface area contributed by atoms with Crippen LogP contribution in [0.25, 0.3) is 0 Å². The van der Waals surface area contributed by atoms with E-state index in [0.717, 1.165) is 16.8 Å². The lowest BCUT2D eigenvalue weighted by Crippen LogP contribution is -2.10. The quantitative estimate of drug-likeness (QED) is 0.768. The van der Waals surface area contributed by atoms with E-state index in [1.54, 1.807) is 31.2 Å². The number of ether oxygens (including phenoxy) is 1. The molecule has 0 atom stereocenters. The lowest BCUT2D eigenvalue weighted by atomic mass is 10.3. The van der Waals surface area contributed by atoms with Gasteiger partial charge in [-0.3, -0.25) is 0 Å². The molecular weight excluding hydrogens is 276 g/mol. The van der Waals surface area contributed by atoms with Crippen LogP contribution >= 0.6 is 0 Å². The van der Waals surface area contributed by atoms with Gasteiger partial charge in [0, 0.05) is 6.20 Å². The SMILES string of the molecule is CCCCOc1ccc(S(=O)(=O)n2cnc(C)c2)cc1. The van der Waals surface area contributed by atoms with Crippen molar-refractivity contribution in [2.45, 2.75) is 31.6 Å². The molecule has 2 rings (SSSR count). The van der Waals surface area contributed by atoms with Gasteiger partial charge in [-0.2, -0.15) is 0 Å². The number of nitrogens with zero attached hydrogens (tertiary/aromatic N) is 2. The molecule has 0 aliphatic carbocycles. The molecule has 0 unspecified atom stereocenters. The first-order valence-electron chi connectivity index (χ1n) is 6.53. The van der Waals surface area contributed by atoms with E-state index in [2.05, 4.69) is 11.9 Å². The van der Waals surface area contributed by atoms with Crippen molar-refractivity contribution in [1.82, 2.24) is 8.96 Å². The lowest BCUT2D eigenvalue weighted by Gasteiger charge is -2.07. The van der Waals surface area contributed by atoms with Crippen LogP contribution in [0.3, 0.4) is 0 Å². The van der Waals surface area contributed by atoms with Gasteiger partial charge < -0.3 is 4.74 Å². The molecule has 0 aliphatic rings. The van der Waals surface area contributed by atoms with Gasteiger partial charge in [0.25, 0.3) is 10.0 Å². The van der Waals surface area contributed by atoms with Gasteiger partial charge in [-0.05, 0) is 37.6 Å². The fourth-order valence-electron chi connectivity index (χ4n) is 1.69. The van der Waals surface area contributed by atoms with E-state index in [1.807, 2.05) is 0 Å². The summed E-state index contributed by atoms with van der Waals surface area (Å²) in [6, 6.07) is 6.44. The normalized spacial score (nSPS) is 11.5. The van der Waals surface area contributed by atoms with Crippen LogP contribution in [0.2, 0.25) is 0 Å². The molecule has 1 aromatic carbocycles. The standard InChI is InChI=1S/C14H18N2O3S/c1-3-4-9-19-13-5-7-14(8-6-13)20(17,18)16-10-12(2)15-11-16/h5-8,10-11H,3-4,9H2,1-2H3. The molecule has 0 fully saturated rings. The number of rotatable bonds is 6. The third-order valence-electron chi connectivity index (χ3n) is 2.86. The third-order valence-corrected chi connectivity index (χ3v) is 4.48. The molecule has 0 N–H and O–H groups in total. The van der Waals surface area contributed by atoms with Gasteiger partial charge >= 0.3 is 0 Å². The zero-order chi connectivity index (χ0) is 14.6. The van der Waals surface area contributed by atoms with Crippen LogP contribution in [-0.2, 0) is 10.0 Å². The van der Waals surface area contributed by atoms with Crippen LogP contribution in [-0.4, -0.2) is 24.0 Å². The Labute approximate surface area is 119 Å². The van der Waals surface area contributed by atoms with Gasteiger partial charge in [-0.1, -0.05) is 13.3 Å². The Morgan fingerprint density at radius 1 is 1.25 bits per heavy atom. The predicted octanol–water partition coefficient (Wildman–Crippen LogP) is 2.61. The van der Waals surface area contributed by atoms with Crippen LogP contribution in [0.15, 0.2) is 41.7 Å². The molecule has 0 bridgehead atoms. The fraction of sp³-hybridized carbons (Fsp3) is 0.357. The van der Waals surface area contributed by atoms with Crippen LogP contribution < -0.4 is 4.74 Å². The first-order chi connectivity index (χ1) is 9.54. The largest absolute Gasteiger partial charge is 0.494 e. The van der Waals surface area contributed by atoms with E-state index in [0.29, 0.717) is 18.1 Å². The molecular formula is C14H18N2O3S. The number of hydrogen-bond donors (Lipinski definition) is 0. The number of hydrogen-bond acceptors (Lipinski definition) is 4. The zero-order valence-corrected chi connectivity index (χ0v) is 12.4. The second-order valence-corrected chi connectivity index (χ2v) is 6.37. The minimum absolute atomic E-state index is 0.220. The van der Waals surface area contributed by atoms with Crippen molar-refractivity contribution in [3.05, 3.63) is 42.5 Å². The molecule has 0 amide bonds. The summed E-state index contributed by atoms with van der Waals surface area (Å²) in [5.74, 6) is 0.680. The monoisotopic (exact) mass is 294 g/mol. The Morgan fingerprint density at radius 3 is 2.50 bits per heavy atom. The number of unbranched alkanes of at least 4 members (excludes halogenated alkanes) is 1. The molecule has 0 spiro atoms. The number of aryl methyl sites for hydroxylation is 1. The number of aromatic nitrogens is 2. The fourth-order valence-corrected chi connectivity index (χ4v) is 2.88. The van der Waals surface area contributed by atoms with Gasteiger partial charge in [0.15, 0.2) is 0 Å². The van der Waals surface area contributed by atoms with Gasteiger partial charge in [0.1, 0.15) is 12.1 Å². The molecule has 1 heterocycles. The van der Waals surface area contributed by atoms with Gasteiger partial charge in [0.2, 0.25) is 0 Å². The molecule has 0 saturated heterocycles. The van der Waals surface area contributed by atoms with E-state index in [1.165, 1.54) is 12.5 Å². The van der Waals surface area contributed by atoms with Crippen LogP contribution in [0.1, 0.15) is 25.5 Å². The molecule has 0 aliphatic heterocycles. The number of imidazole rings is 1. The van der Waals surface area contributed by atoms with Gasteiger partial charge in [-0.15, -0.1) is 0 Å². The van der Waals surface area contributed by atoms with Crippen molar-refractivity contribution >= 4 is 10.0 Å². The highest BCUT2D eigenvalue weighted by atomic mass is 32.2. The van der Waals surface area contributed by atoms with Crippen LogP contribution in [0.5, 0.6) is 5.75 Å². The first kappa shape index (κ1) is 14.6. The highest BCUT2D eigenvalue weighted by Crippen LogP contribution is 2.18. The summed E-state index contributed by atoms with van der Waals surface area (Å²) in [7, 11) is -3.56. The summed E-state index contributed by atoms with van der Waals surface area (Å²) >= 11 is 0. The summed E-state index contributed by atoms with van der Waals surface area (Å²) in [6.07, 6.45) is 4.83. The minimum atomic E-state index is -3.56. The number of benzene rings is 1. The summed E-state index contributed by atoms with van der Waals surface area (Å²) in [4.78, 5) is 4.16. The van der Waals surface area contributed by atoms with Gasteiger partial charge in [0.05, 0.1) is 17.2 Å². The molecule has 0 saturated carbocycles. The maximum Gasteiger partial charge on any atom is 0.268 e. The summed E-state index contributed by atoms with van der Waals surface area (Å²) in [5.41, 5.74) is 0.660. The molecule has 0 radical (unpaired) electrons. The molecule has 108 valence electrons. The minimum Gasteiger partial charge on any atom is -0.494 e. The topological polar surface area (TPSA) is 61.2 Å². The van der Waals surface area contributed by atoms with Crippen LogP contribution in [0.4, 0.5) is 0 Å². The zero-order valence-electron chi connectivity index (χ0n) is 11.6. The van der Waals surface area contributed by atoms with Crippen molar-refractivity contribution in [3.8, 4) is 5.75 Å². The van der Waals surface area contributed by atoms with E-state index >= 15 is 0 Å². The maximum absolute atomic E-state index is 12.3. The molecule has 20 heavy (non-hydrogen) atoms. The highest BCUT2D eigenvalue weighted by molar-refractivity contribution is 7.90. The summed E-state index contributed by atoms with van der Waals surface area (Å²) in [5, 5.41) is 0. The average molecular weight is 294 g/mol. The predicted molar refractivity (Wildman–Crippen MR) is 76.4 cm³/mol. The van der Waals surface area contributed by atoms with E-state index in [4.69, 9.17) is 4.74 Å². The van der Waals surface area contributed by atoms with Crippen molar-refractivity contribution in [2.75, 3.05) is 6.61 Å². The van der Waals surface area contributed by atoms with Crippen LogP contribution in [0, 0.1) is 6.92 Å². The van der Waals surface area contributed by atoms with E-state index < -0.39 is 10.0 Å². The maximum atomic E-state index is 12.3. The van der Waals surface area contributed by atoms with Crippen molar-refractivity contribution in [2.24, 2.45) is 0 Å². The Morgan fingerprint density at radius 2 is 1.95 bits per heavy atom. The lowest BCUT2D eigenvalue weighted by molar-refractivity contribution is 0.309. The smallest absolute Gasteiger partial charge is 0.268 e. The Kier molecular flexibility index (Phi) is 4.44. The molecule has 1 aromatic heterocycles. The molecule has 5 nitrogen and oxygen atoms in total. The summed E-state index contributed by atoms with van der Waals surface area (Å²) in [6.45, 7) is 4.48. The molecule has 6 heteroatoms. The Hall–Kier alpha value is -1.82. The van der Waals surface area contributed by atoms with E-state index in [9.17, 15) is 8.42 Å². The van der Waals surface area contributed by atoms with Crippen molar-refractivity contribution < 1.29 is 13.2 Å². The van der Waals surface area contributed by atoms with Crippen molar-refractivity contribution in [3.63, 3.8) is 0 Å². The highest BCUT2D eigenvalue weighted by Gasteiger charge is 2.16. The van der Waals surface area contributed by atoms with Gasteiger partial charge in [-0.25, -0.2) is 17.4 Å². The van der Waals surface area contributed by atoms with Crippen molar-refractivity contribution in [1.29, 1.82) is 0 Å². The average Bonchev–Trinajstić information content (AvgIpc) is 2.87. The van der Waals surface area contributed by atoms with E-state index in [-0.39, 0.29) is 4.90 Å². The Bertz CT molecular complexity index is 660. The first-order valence-corrected chi connectivity index (χ1v) is 7.97. The second-order valence-electron chi connectivity index (χ2n) is 4.52. The summed E-state index contributed by atoms with van der Waals surface area (Å²) < 4.78 is 31.2. The Balaban J connectivity index is 2.17. The third kappa shape index (κ3) is 3.19. The second kappa shape index (κ2) is 6.09.